The molecule has 0 saturated heterocycles. The van der Waals surface area contributed by atoms with Crippen molar-refractivity contribution in [3.63, 3.8) is 0 Å². The molecule has 0 atom stereocenters. The normalized spacial score (nSPS) is 12.3. The Hall–Kier alpha value is -0.530. The van der Waals surface area contributed by atoms with Crippen molar-refractivity contribution < 1.29 is 9.53 Å². The third kappa shape index (κ3) is 1.79. The second-order valence-corrected chi connectivity index (χ2v) is 4.08. The molecule has 0 unspecified atom stereocenters. The first-order valence-corrected chi connectivity index (χ1v) is 4.45. The highest BCUT2D eigenvalue weighted by molar-refractivity contribution is 5.76. The van der Waals surface area contributed by atoms with Gasteiger partial charge in [0, 0.05) is 0 Å². The number of methoxy groups -OCH3 is 1. The van der Waals surface area contributed by atoms with Gasteiger partial charge in [-0.3, -0.25) is 4.79 Å². The molecule has 12 heavy (non-hydrogen) atoms. The molecular formula is C10H20O2. The average Bonchev–Trinajstić information content (AvgIpc) is 2.00. The van der Waals surface area contributed by atoms with E-state index in [9.17, 15) is 4.79 Å². The van der Waals surface area contributed by atoms with E-state index in [0.29, 0.717) is 11.8 Å². The van der Waals surface area contributed by atoms with E-state index >= 15 is 0 Å². The van der Waals surface area contributed by atoms with Crippen molar-refractivity contribution >= 4 is 5.97 Å². The lowest BCUT2D eigenvalue weighted by molar-refractivity contribution is -0.157. The zero-order valence-corrected chi connectivity index (χ0v) is 8.97. The van der Waals surface area contributed by atoms with Crippen LogP contribution >= 0.6 is 0 Å². The predicted molar refractivity (Wildman–Crippen MR) is 49.8 cm³/mol. The first-order valence-electron chi connectivity index (χ1n) is 4.45. The highest BCUT2D eigenvalue weighted by Crippen LogP contribution is 2.36. The van der Waals surface area contributed by atoms with Crippen LogP contribution in [0.25, 0.3) is 0 Å². The van der Waals surface area contributed by atoms with Gasteiger partial charge in [-0.2, -0.15) is 0 Å². The molecule has 0 N–H and O–H groups in total. The molecular weight excluding hydrogens is 152 g/mol. The molecule has 0 amide bonds. The van der Waals surface area contributed by atoms with Crippen LogP contribution in [0.4, 0.5) is 0 Å². The van der Waals surface area contributed by atoms with Crippen molar-refractivity contribution in [3.8, 4) is 0 Å². The maximum absolute atomic E-state index is 11.5. The van der Waals surface area contributed by atoms with Crippen molar-refractivity contribution in [1.29, 1.82) is 0 Å². The summed E-state index contributed by atoms with van der Waals surface area (Å²) in [5, 5.41) is 0. The Balaban J connectivity index is 4.74. The van der Waals surface area contributed by atoms with Crippen molar-refractivity contribution in [3.05, 3.63) is 0 Å². The SMILES string of the molecule is COC(=O)C(C)(C(C)C)C(C)C. The van der Waals surface area contributed by atoms with Gasteiger partial charge in [-0.1, -0.05) is 27.7 Å². The summed E-state index contributed by atoms with van der Waals surface area (Å²) < 4.78 is 4.80. The molecule has 72 valence electrons. The lowest BCUT2D eigenvalue weighted by Crippen LogP contribution is -2.39. The van der Waals surface area contributed by atoms with E-state index in [-0.39, 0.29) is 11.4 Å². The Morgan fingerprint density at radius 3 is 1.58 bits per heavy atom. The van der Waals surface area contributed by atoms with Gasteiger partial charge < -0.3 is 4.74 Å². The van der Waals surface area contributed by atoms with Crippen LogP contribution in [0, 0.1) is 17.3 Å². The molecule has 0 fully saturated rings. The summed E-state index contributed by atoms with van der Waals surface area (Å²) in [7, 11) is 1.45. The summed E-state index contributed by atoms with van der Waals surface area (Å²) in [5.41, 5.74) is -0.352. The number of carbonyl (C=O) groups excluding carboxylic acids is 1. The molecule has 0 aliphatic rings. The second-order valence-electron chi connectivity index (χ2n) is 4.08. The molecule has 0 bridgehead atoms. The van der Waals surface area contributed by atoms with E-state index in [2.05, 4.69) is 27.7 Å². The van der Waals surface area contributed by atoms with E-state index in [1.54, 1.807) is 0 Å². The van der Waals surface area contributed by atoms with Crippen molar-refractivity contribution in [2.45, 2.75) is 34.6 Å². The number of rotatable bonds is 3. The summed E-state index contributed by atoms with van der Waals surface area (Å²) in [6.07, 6.45) is 0. The van der Waals surface area contributed by atoms with Gasteiger partial charge in [-0.15, -0.1) is 0 Å². The number of carbonyl (C=O) groups is 1. The van der Waals surface area contributed by atoms with Crippen LogP contribution in [0.2, 0.25) is 0 Å². The van der Waals surface area contributed by atoms with E-state index < -0.39 is 0 Å². The topological polar surface area (TPSA) is 26.3 Å². The molecule has 0 spiro atoms. The highest BCUT2D eigenvalue weighted by atomic mass is 16.5. The molecule has 2 nitrogen and oxygen atoms in total. The molecule has 0 aliphatic heterocycles. The fourth-order valence-corrected chi connectivity index (χ4v) is 1.36. The largest absolute Gasteiger partial charge is 0.469 e. The summed E-state index contributed by atoms with van der Waals surface area (Å²) in [5.74, 6) is 0.516. The number of esters is 1. The fraction of sp³-hybridized carbons (Fsp3) is 0.900. The molecule has 2 heteroatoms. The van der Waals surface area contributed by atoms with Gasteiger partial charge in [0.05, 0.1) is 12.5 Å². The monoisotopic (exact) mass is 172 g/mol. The standard InChI is InChI=1S/C10H20O2/c1-7(2)10(5,8(3)4)9(11)12-6/h7-8H,1-6H3. The molecule has 0 aromatic heterocycles. The van der Waals surface area contributed by atoms with Crippen LogP contribution < -0.4 is 0 Å². The van der Waals surface area contributed by atoms with Crippen LogP contribution in [0.3, 0.4) is 0 Å². The Morgan fingerprint density at radius 1 is 1.17 bits per heavy atom. The van der Waals surface area contributed by atoms with Gasteiger partial charge in [0.15, 0.2) is 0 Å². The summed E-state index contributed by atoms with van der Waals surface area (Å²) in [6, 6.07) is 0. The first-order chi connectivity index (χ1) is 5.37. The lowest BCUT2D eigenvalue weighted by Gasteiger charge is -2.34. The Kier molecular flexibility index (Phi) is 3.75. The van der Waals surface area contributed by atoms with Crippen LogP contribution in [0.5, 0.6) is 0 Å². The van der Waals surface area contributed by atoms with Gasteiger partial charge >= 0.3 is 5.97 Å². The van der Waals surface area contributed by atoms with Gasteiger partial charge in [0.2, 0.25) is 0 Å². The molecule has 0 aliphatic carbocycles. The van der Waals surface area contributed by atoms with Gasteiger partial charge in [-0.25, -0.2) is 0 Å². The smallest absolute Gasteiger partial charge is 0.312 e. The maximum Gasteiger partial charge on any atom is 0.312 e. The molecule has 0 aromatic carbocycles. The molecule has 0 saturated carbocycles. The molecule has 0 radical (unpaired) electrons. The van der Waals surface area contributed by atoms with Crippen LogP contribution in [-0.4, -0.2) is 13.1 Å². The molecule has 0 heterocycles. The van der Waals surface area contributed by atoms with Crippen LogP contribution in [0.1, 0.15) is 34.6 Å². The average molecular weight is 172 g/mol. The lowest BCUT2D eigenvalue weighted by atomic mass is 9.70. The minimum absolute atomic E-state index is 0.104. The number of ether oxygens (including phenoxy) is 1. The number of hydrogen-bond acceptors (Lipinski definition) is 2. The van der Waals surface area contributed by atoms with Gasteiger partial charge in [-0.05, 0) is 18.8 Å². The van der Waals surface area contributed by atoms with Crippen molar-refractivity contribution in [2.75, 3.05) is 7.11 Å². The highest BCUT2D eigenvalue weighted by Gasteiger charge is 2.40. The summed E-state index contributed by atoms with van der Waals surface area (Å²) in [4.78, 5) is 11.5. The second kappa shape index (κ2) is 3.92. The van der Waals surface area contributed by atoms with Crippen LogP contribution in [-0.2, 0) is 9.53 Å². The Morgan fingerprint density at radius 2 is 1.50 bits per heavy atom. The molecule has 0 aromatic rings. The van der Waals surface area contributed by atoms with Crippen LogP contribution in [0.15, 0.2) is 0 Å². The Labute approximate surface area is 75.3 Å². The quantitative estimate of drug-likeness (QED) is 0.611. The van der Waals surface area contributed by atoms with E-state index in [1.807, 2.05) is 6.92 Å². The first kappa shape index (κ1) is 11.5. The van der Waals surface area contributed by atoms with Gasteiger partial charge in [0.1, 0.15) is 0 Å². The van der Waals surface area contributed by atoms with Gasteiger partial charge in [0.25, 0.3) is 0 Å². The maximum atomic E-state index is 11.5. The van der Waals surface area contributed by atoms with E-state index in [4.69, 9.17) is 4.74 Å². The summed E-state index contributed by atoms with van der Waals surface area (Å²) >= 11 is 0. The molecule has 0 rings (SSSR count). The minimum atomic E-state index is -0.352. The Bertz CT molecular complexity index is 151. The zero-order chi connectivity index (χ0) is 9.94. The zero-order valence-electron chi connectivity index (χ0n) is 8.97. The van der Waals surface area contributed by atoms with Crippen molar-refractivity contribution in [1.82, 2.24) is 0 Å². The fourth-order valence-electron chi connectivity index (χ4n) is 1.36. The summed E-state index contributed by atoms with van der Waals surface area (Å²) in [6.45, 7) is 10.2. The predicted octanol–water partition coefficient (Wildman–Crippen LogP) is 2.48. The van der Waals surface area contributed by atoms with E-state index in [1.165, 1.54) is 7.11 Å². The van der Waals surface area contributed by atoms with Crippen molar-refractivity contribution in [2.24, 2.45) is 17.3 Å². The van der Waals surface area contributed by atoms with E-state index in [0.717, 1.165) is 0 Å². The minimum Gasteiger partial charge on any atom is -0.469 e. The third-order valence-corrected chi connectivity index (χ3v) is 3.02. The number of hydrogen-bond donors (Lipinski definition) is 0. The third-order valence-electron chi connectivity index (χ3n) is 3.02.